The van der Waals surface area contributed by atoms with Crippen molar-refractivity contribution >= 4 is 44.9 Å². The zero-order valence-electron chi connectivity index (χ0n) is 14.7. The fraction of sp³-hybridized carbons (Fsp3) is 0.100. The molecule has 4 aromatic rings. The summed E-state index contributed by atoms with van der Waals surface area (Å²) >= 11 is 7.35. The van der Waals surface area contributed by atoms with Crippen molar-refractivity contribution in [1.82, 2.24) is 15.2 Å². The summed E-state index contributed by atoms with van der Waals surface area (Å²) in [5.74, 6) is -0.225. The van der Waals surface area contributed by atoms with Gasteiger partial charge in [0.2, 0.25) is 5.13 Å². The van der Waals surface area contributed by atoms with Crippen molar-refractivity contribution in [3.8, 4) is 11.3 Å². The van der Waals surface area contributed by atoms with Gasteiger partial charge in [0.1, 0.15) is 5.01 Å². The van der Waals surface area contributed by atoms with E-state index in [-0.39, 0.29) is 5.91 Å². The van der Waals surface area contributed by atoms with Gasteiger partial charge in [-0.2, -0.15) is 0 Å². The third kappa shape index (κ3) is 3.41. The van der Waals surface area contributed by atoms with Crippen molar-refractivity contribution < 1.29 is 4.79 Å². The van der Waals surface area contributed by atoms with E-state index in [0.29, 0.717) is 15.7 Å². The zero-order chi connectivity index (χ0) is 19.0. The fourth-order valence-electron chi connectivity index (χ4n) is 3.00. The molecule has 0 aliphatic rings. The number of carbonyl (C=O) groups excluding carboxylic acids is 1. The molecule has 0 atom stereocenters. The average Bonchev–Trinajstić information content (AvgIpc) is 3.06. The molecule has 0 aliphatic heterocycles. The Morgan fingerprint density at radius 3 is 2.48 bits per heavy atom. The largest absolute Gasteiger partial charge is 0.296 e. The van der Waals surface area contributed by atoms with Crippen molar-refractivity contribution in [2.75, 3.05) is 5.32 Å². The first-order chi connectivity index (χ1) is 13.0. The molecule has 0 bridgehead atoms. The molecule has 27 heavy (non-hydrogen) atoms. The van der Waals surface area contributed by atoms with Crippen LogP contribution in [0.1, 0.15) is 20.9 Å². The van der Waals surface area contributed by atoms with Gasteiger partial charge in [-0.1, -0.05) is 53.3 Å². The Balaban J connectivity index is 1.88. The van der Waals surface area contributed by atoms with Crippen LogP contribution in [0.5, 0.6) is 0 Å². The second-order valence-corrected chi connectivity index (χ2v) is 7.68. The van der Waals surface area contributed by atoms with Gasteiger partial charge in [-0.15, -0.1) is 10.2 Å². The number of nitrogens with one attached hydrogen (secondary N) is 1. The molecule has 2 heterocycles. The van der Waals surface area contributed by atoms with Crippen molar-refractivity contribution in [3.63, 3.8) is 0 Å². The molecule has 0 aliphatic carbocycles. The predicted octanol–water partition coefficient (Wildman–Crippen LogP) is 5.28. The highest BCUT2D eigenvalue weighted by Gasteiger charge is 2.20. The molecule has 0 saturated carbocycles. The van der Waals surface area contributed by atoms with E-state index in [1.54, 1.807) is 0 Å². The summed E-state index contributed by atoms with van der Waals surface area (Å²) in [6, 6.07) is 15.1. The van der Waals surface area contributed by atoms with Gasteiger partial charge in [0.25, 0.3) is 5.91 Å². The molecule has 134 valence electrons. The number of nitrogens with zero attached hydrogens (tertiary/aromatic N) is 3. The Morgan fingerprint density at radius 1 is 1.04 bits per heavy atom. The minimum absolute atomic E-state index is 0.225. The van der Waals surface area contributed by atoms with Gasteiger partial charge in [-0.05, 0) is 37.6 Å². The number of aromatic nitrogens is 3. The van der Waals surface area contributed by atoms with E-state index in [9.17, 15) is 4.79 Å². The van der Waals surface area contributed by atoms with Gasteiger partial charge in [0, 0.05) is 16.0 Å². The lowest BCUT2D eigenvalue weighted by Crippen LogP contribution is -2.15. The Kier molecular flexibility index (Phi) is 4.59. The molecule has 0 saturated heterocycles. The first-order valence-corrected chi connectivity index (χ1v) is 9.49. The number of amides is 1. The van der Waals surface area contributed by atoms with Gasteiger partial charge >= 0.3 is 0 Å². The zero-order valence-corrected chi connectivity index (χ0v) is 16.2. The summed E-state index contributed by atoms with van der Waals surface area (Å²) in [6.45, 7) is 3.75. The molecule has 1 amide bonds. The van der Waals surface area contributed by atoms with Crippen molar-refractivity contribution in [3.05, 3.63) is 69.7 Å². The van der Waals surface area contributed by atoms with E-state index < -0.39 is 0 Å². The van der Waals surface area contributed by atoms with Crippen LogP contribution in [0, 0.1) is 13.8 Å². The maximum absolute atomic E-state index is 13.1. The maximum Gasteiger partial charge on any atom is 0.258 e. The van der Waals surface area contributed by atoms with E-state index in [1.807, 2.05) is 62.4 Å². The van der Waals surface area contributed by atoms with E-state index in [4.69, 9.17) is 16.6 Å². The number of hydrogen-bond acceptors (Lipinski definition) is 5. The van der Waals surface area contributed by atoms with Crippen LogP contribution in [0.3, 0.4) is 0 Å². The highest BCUT2D eigenvalue weighted by molar-refractivity contribution is 7.15. The van der Waals surface area contributed by atoms with Gasteiger partial charge in [0.05, 0.1) is 16.8 Å². The Labute approximate surface area is 165 Å². The number of fused-ring (bicyclic) bond motifs is 1. The highest BCUT2D eigenvalue weighted by Crippen LogP contribution is 2.31. The van der Waals surface area contributed by atoms with Crippen molar-refractivity contribution in [2.24, 2.45) is 0 Å². The lowest BCUT2D eigenvalue weighted by molar-refractivity contribution is 0.102. The first-order valence-electron chi connectivity index (χ1n) is 8.29. The maximum atomic E-state index is 13.1. The smallest absolute Gasteiger partial charge is 0.258 e. The Bertz CT molecular complexity index is 1150. The lowest BCUT2D eigenvalue weighted by atomic mass is 9.97. The summed E-state index contributed by atoms with van der Waals surface area (Å²) < 4.78 is 0. The molecule has 0 spiro atoms. The SMILES string of the molecule is Cc1nnc(NC(=O)c2c(C)c(-c3ccc(Cl)cc3)nc3ccccc23)s1. The van der Waals surface area contributed by atoms with Gasteiger partial charge < -0.3 is 0 Å². The Hall–Kier alpha value is -2.83. The lowest BCUT2D eigenvalue weighted by Gasteiger charge is -2.14. The fourth-order valence-corrected chi connectivity index (χ4v) is 3.71. The molecular weight excluding hydrogens is 380 g/mol. The molecule has 2 aromatic carbocycles. The third-order valence-electron chi connectivity index (χ3n) is 4.23. The van der Waals surface area contributed by atoms with Crippen LogP contribution >= 0.6 is 22.9 Å². The first kappa shape index (κ1) is 17.6. The number of halogens is 1. The van der Waals surface area contributed by atoms with Crippen LogP contribution < -0.4 is 5.32 Å². The monoisotopic (exact) mass is 394 g/mol. The average molecular weight is 395 g/mol. The normalized spacial score (nSPS) is 10.9. The molecule has 0 fully saturated rings. The Morgan fingerprint density at radius 2 is 1.78 bits per heavy atom. The van der Waals surface area contributed by atoms with Gasteiger partial charge in [0.15, 0.2) is 0 Å². The number of para-hydroxylation sites is 1. The summed E-state index contributed by atoms with van der Waals surface area (Å²) in [5.41, 5.74) is 3.80. The number of rotatable bonds is 3. The van der Waals surface area contributed by atoms with Gasteiger partial charge in [-0.3, -0.25) is 10.1 Å². The second-order valence-electron chi connectivity index (χ2n) is 6.06. The molecular formula is C20H15ClN4OS. The van der Waals surface area contributed by atoms with Crippen molar-refractivity contribution in [2.45, 2.75) is 13.8 Å². The highest BCUT2D eigenvalue weighted by atomic mass is 35.5. The number of anilines is 1. The molecule has 2 aromatic heterocycles. The topological polar surface area (TPSA) is 67.8 Å². The van der Waals surface area contributed by atoms with E-state index in [2.05, 4.69) is 15.5 Å². The molecule has 7 heteroatoms. The molecule has 1 N–H and O–H groups in total. The van der Waals surface area contributed by atoms with Crippen LogP contribution in [0.15, 0.2) is 48.5 Å². The summed E-state index contributed by atoms with van der Waals surface area (Å²) in [4.78, 5) is 17.9. The molecule has 0 radical (unpaired) electrons. The molecule has 5 nitrogen and oxygen atoms in total. The predicted molar refractivity (Wildman–Crippen MR) is 110 cm³/mol. The van der Waals surface area contributed by atoms with Crippen LogP contribution in [-0.4, -0.2) is 21.1 Å². The molecule has 4 rings (SSSR count). The van der Waals surface area contributed by atoms with Crippen molar-refractivity contribution in [1.29, 1.82) is 0 Å². The van der Waals surface area contributed by atoms with E-state index in [0.717, 1.165) is 32.7 Å². The number of benzene rings is 2. The van der Waals surface area contributed by atoms with Crippen LogP contribution in [0.2, 0.25) is 5.02 Å². The number of hydrogen-bond donors (Lipinski definition) is 1. The number of pyridine rings is 1. The quantitative estimate of drug-likeness (QED) is 0.513. The number of carbonyl (C=O) groups is 1. The minimum Gasteiger partial charge on any atom is -0.296 e. The van der Waals surface area contributed by atoms with Gasteiger partial charge in [-0.25, -0.2) is 4.98 Å². The summed E-state index contributed by atoms with van der Waals surface area (Å²) in [7, 11) is 0. The third-order valence-corrected chi connectivity index (χ3v) is 5.23. The number of aryl methyl sites for hydroxylation is 1. The van der Waals surface area contributed by atoms with Crippen LogP contribution in [0.25, 0.3) is 22.2 Å². The minimum atomic E-state index is -0.225. The van der Waals surface area contributed by atoms with E-state index in [1.165, 1.54) is 11.3 Å². The second kappa shape index (κ2) is 7.06. The van der Waals surface area contributed by atoms with E-state index >= 15 is 0 Å². The van der Waals surface area contributed by atoms with Crippen LogP contribution in [-0.2, 0) is 0 Å². The summed E-state index contributed by atoms with van der Waals surface area (Å²) in [5, 5.41) is 13.5. The summed E-state index contributed by atoms with van der Waals surface area (Å²) in [6.07, 6.45) is 0. The molecule has 0 unspecified atom stereocenters. The standard InChI is InChI=1S/C20H15ClN4OS/c1-11-17(19(26)23-20-25-24-12(2)27-20)15-5-3-4-6-16(15)22-18(11)13-7-9-14(21)10-8-13/h3-10H,1-2H3,(H,23,25,26). The van der Waals surface area contributed by atoms with Crippen LogP contribution in [0.4, 0.5) is 5.13 Å².